The van der Waals surface area contributed by atoms with Gasteiger partial charge in [0.1, 0.15) is 13.2 Å². The van der Waals surface area contributed by atoms with Crippen molar-refractivity contribution in [2.75, 3.05) is 51.3 Å². The summed E-state index contributed by atoms with van der Waals surface area (Å²) >= 11 is 0. The van der Waals surface area contributed by atoms with Crippen molar-refractivity contribution in [3.63, 3.8) is 0 Å². The van der Waals surface area contributed by atoms with Crippen LogP contribution in [0, 0.1) is 0 Å². The van der Waals surface area contributed by atoms with Crippen LogP contribution in [0.3, 0.4) is 0 Å². The molecule has 0 saturated carbocycles. The van der Waals surface area contributed by atoms with E-state index in [4.69, 9.17) is 9.47 Å². The minimum absolute atomic E-state index is 0.0192. The van der Waals surface area contributed by atoms with E-state index in [1.54, 1.807) is 18.2 Å². The molecule has 3 aliphatic rings. The Balaban J connectivity index is 1.37. The van der Waals surface area contributed by atoms with E-state index in [1.165, 1.54) is 16.8 Å². The fourth-order valence-electron chi connectivity index (χ4n) is 4.77. The molecule has 31 heavy (non-hydrogen) atoms. The standard InChI is InChI=1S/C23H29N3O4S/c1-25-11-8-18-14-17(4-6-20(18)25)21(26-9-2-3-10-26)16-24-31(27,28)19-5-7-22-23(15-19)30-13-12-29-22/h4-7,14-15,21,24H,2-3,8-13,16H2,1H3/t21-/m0/s1. The predicted molar refractivity (Wildman–Crippen MR) is 120 cm³/mol. The number of nitrogens with one attached hydrogen (secondary N) is 1. The number of hydrogen-bond donors (Lipinski definition) is 1. The molecule has 0 radical (unpaired) electrons. The highest BCUT2D eigenvalue weighted by atomic mass is 32.2. The summed E-state index contributed by atoms with van der Waals surface area (Å²) in [6, 6.07) is 11.4. The molecule has 2 aromatic rings. The van der Waals surface area contributed by atoms with Crippen molar-refractivity contribution >= 4 is 15.7 Å². The number of ether oxygens (including phenoxy) is 2. The quantitative estimate of drug-likeness (QED) is 0.740. The summed E-state index contributed by atoms with van der Waals surface area (Å²) in [7, 11) is -1.55. The lowest BCUT2D eigenvalue weighted by molar-refractivity contribution is 0.171. The van der Waals surface area contributed by atoms with Crippen molar-refractivity contribution in [3.05, 3.63) is 47.5 Å². The van der Waals surface area contributed by atoms with E-state index in [0.29, 0.717) is 31.3 Å². The average molecular weight is 444 g/mol. The number of benzene rings is 2. The molecule has 2 aromatic carbocycles. The van der Waals surface area contributed by atoms with Gasteiger partial charge in [0.2, 0.25) is 10.0 Å². The molecule has 1 N–H and O–H groups in total. The Hall–Kier alpha value is -2.29. The Morgan fingerprint density at radius 1 is 1.00 bits per heavy atom. The highest BCUT2D eigenvalue weighted by Gasteiger charge is 2.28. The molecule has 0 aliphatic carbocycles. The molecule has 0 unspecified atom stereocenters. The van der Waals surface area contributed by atoms with Crippen molar-refractivity contribution in [2.24, 2.45) is 0 Å². The Labute approximate surface area is 184 Å². The molecular formula is C23H29N3O4S. The average Bonchev–Trinajstić information content (AvgIpc) is 3.44. The number of anilines is 1. The van der Waals surface area contributed by atoms with E-state index < -0.39 is 10.0 Å². The summed E-state index contributed by atoms with van der Waals surface area (Å²) in [5.41, 5.74) is 3.81. The monoisotopic (exact) mass is 443 g/mol. The molecule has 166 valence electrons. The predicted octanol–water partition coefficient (Wildman–Crippen LogP) is 2.57. The number of hydrogen-bond acceptors (Lipinski definition) is 6. The molecular weight excluding hydrogens is 414 g/mol. The van der Waals surface area contributed by atoms with Crippen molar-refractivity contribution < 1.29 is 17.9 Å². The zero-order chi connectivity index (χ0) is 21.4. The van der Waals surface area contributed by atoms with Crippen molar-refractivity contribution in [1.29, 1.82) is 0 Å². The van der Waals surface area contributed by atoms with Crippen LogP contribution in [-0.2, 0) is 16.4 Å². The number of sulfonamides is 1. The molecule has 3 aliphatic heterocycles. The Morgan fingerprint density at radius 3 is 2.58 bits per heavy atom. The third kappa shape index (κ3) is 4.12. The van der Waals surface area contributed by atoms with Gasteiger partial charge in [-0.2, -0.15) is 0 Å². The summed E-state index contributed by atoms with van der Waals surface area (Å²) in [6.07, 6.45) is 3.34. The van der Waals surface area contributed by atoms with Gasteiger partial charge in [-0.3, -0.25) is 4.90 Å². The summed E-state index contributed by atoms with van der Waals surface area (Å²) in [5.74, 6) is 1.07. The molecule has 1 saturated heterocycles. The first kappa shape index (κ1) is 20.6. The molecule has 0 aromatic heterocycles. The van der Waals surface area contributed by atoms with Gasteiger partial charge in [-0.05, 0) is 61.7 Å². The summed E-state index contributed by atoms with van der Waals surface area (Å²) in [4.78, 5) is 4.87. The van der Waals surface area contributed by atoms with Crippen molar-refractivity contribution in [2.45, 2.75) is 30.2 Å². The second-order valence-corrected chi connectivity index (χ2v) is 10.2. The van der Waals surface area contributed by atoms with Gasteiger partial charge in [0, 0.05) is 37.9 Å². The second-order valence-electron chi connectivity index (χ2n) is 8.48. The van der Waals surface area contributed by atoms with Crippen molar-refractivity contribution in [1.82, 2.24) is 9.62 Å². The maximum atomic E-state index is 13.1. The number of likely N-dealkylation sites (N-methyl/N-ethyl adjacent to an activating group) is 1. The lowest BCUT2D eigenvalue weighted by Gasteiger charge is -2.29. The van der Waals surface area contributed by atoms with Gasteiger partial charge in [0.05, 0.1) is 4.90 Å². The minimum atomic E-state index is -3.67. The number of rotatable bonds is 6. The Bertz CT molecular complexity index is 1070. The van der Waals surface area contributed by atoms with Crippen LogP contribution in [0.1, 0.15) is 30.0 Å². The largest absolute Gasteiger partial charge is 0.486 e. The molecule has 8 heteroatoms. The zero-order valence-corrected chi connectivity index (χ0v) is 18.7. The van der Waals surface area contributed by atoms with Crippen LogP contribution in [0.4, 0.5) is 5.69 Å². The first-order chi connectivity index (χ1) is 15.0. The van der Waals surface area contributed by atoms with E-state index >= 15 is 0 Å². The van der Waals surface area contributed by atoms with Crippen LogP contribution < -0.4 is 19.1 Å². The van der Waals surface area contributed by atoms with Crippen LogP contribution in [0.15, 0.2) is 41.3 Å². The maximum absolute atomic E-state index is 13.1. The fraction of sp³-hybridized carbons (Fsp3) is 0.478. The first-order valence-electron chi connectivity index (χ1n) is 11.0. The van der Waals surface area contributed by atoms with Gasteiger partial charge in [-0.15, -0.1) is 0 Å². The Morgan fingerprint density at radius 2 is 1.77 bits per heavy atom. The fourth-order valence-corrected chi connectivity index (χ4v) is 5.82. The third-order valence-electron chi connectivity index (χ3n) is 6.49. The zero-order valence-electron chi connectivity index (χ0n) is 17.8. The van der Waals surface area contributed by atoms with Gasteiger partial charge in [0.15, 0.2) is 11.5 Å². The van der Waals surface area contributed by atoms with Crippen LogP contribution in [0.5, 0.6) is 11.5 Å². The van der Waals surface area contributed by atoms with E-state index in [2.05, 4.69) is 39.8 Å². The molecule has 5 rings (SSSR count). The molecule has 0 spiro atoms. The summed E-state index contributed by atoms with van der Waals surface area (Å²) in [6.45, 7) is 4.26. The smallest absolute Gasteiger partial charge is 0.240 e. The van der Waals surface area contributed by atoms with E-state index in [1.807, 2.05) is 0 Å². The number of fused-ring (bicyclic) bond motifs is 2. The molecule has 0 bridgehead atoms. The third-order valence-corrected chi connectivity index (χ3v) is 7.91. The van der Waals surface area contributed by atoms with Gasteiger partial charge in [-0.25, -0.2) is 13.1 Å². The SMILES string of the molecule is CN1CCc2cc([C@H](CNS(=O)(=O)c3ccc4c(c3)OCCO4)N3CCCC3)ccc21. The number of nitrogens with zero attached hydrogens (tertiary/aromatic N) is 2. The second kappa shape index (κ2) is 8.33. The van der Waals surface area contributed by atoms with Gasteiger partial charge in [0.25, 0.3) is 0 Å². The number of likely N-dealkylation sites (tertiary alicyclic amines) is 1. The summed E-state index contributed by atoms with van der Waals surface area (Å²) in [5, 5.41) is 0. The molecule has 3 heterocycles. The normalized spacial score (nSPS) is 19.5. The minimum Gasteiger partial charge on any atom is -0.486 e. The topological polar surface area (TPSA) is 71.1 Å². The van der Waals surface area contributed by atoms with Crippen molar-refractivity contribution in [3.8, 4) is 11.5 Å². The lowest BCUT2D eigenvalue weighted by atomic mass is 10.0. The molecule has 1 atom stereocenters. The highest BCUT2D eigenvalue weighted by molar-refractivity contribution is 7.89. The molecule has 0 amide bonds. The van der Waals surface area contributed by atoms with E-state index in [-0.39, 0.29) is 10.9 Å². The van der Waals surface area contributed by atoms with Crippen LogP contribution in [0.25, 0.3) is 0 Å². The van der Waals surface area contributed by atoms with Crippen LogP contribution in [0.2, 0.25) is 0 Å². The first-order valence-corrected chi connectivity index (χ1v) is 12.5. The van der Waals surface area contributed by atoms with Gasteiger partial charge < -0.3 is 14.4 Å². The van der Waals surface area contributed by atoms with Gasteiger partial charge in [-0.1, -0.05) is 12.1 Å². The van der Waals surface area contributed by atoms with Crippen LogP contribution >= 0.6 is 0 Å². The van der Waals surface area contributed by atoms with E-state index in [9.17, 15) is 8.42 Å². The summed E-state index contributed by atoms with van der Waals surface area (Å²) < 4.78 is 40.1. The lowest BCUT2D eigenvalue weighted by Crippen LogP contribution is -2.36. The van der Waals surface area contributed by atoms with E-state index in [0.717, 1.165) is 38.9 Å². The highest BCUT2D eigenvalue weighted by Crippen LogP contribution is 2.34. The van der Waals surface area contributed by atoms with Crippen LogP contribution in [-0.4, -0.2) is 59.8 Å². The molecule has 1 fully saturated rings. The van der Waals surface area contributed by atoms with Gasteiger partial charge >= 0.3 is 0 Å². The Kier molecular flexibility index (Phi) is 5.54. The maximum Gasteiger partial charge on any atom is 0.240 e. The molecule has 7 nitrogen and oxygen atoms in total.